The van der Waals surface area contributed by atoms with E-state index < -0.39 is 22.0 Å². The molecule has 17 heavy (non-hydrogen) atoms. The molecule has 0 saturated carbocycles. The second-order valence-corrected chi connectivity index (χ2v) is 3.42. The first-order valence-electron chi connectivity index (χ1n) is 4.10. The van der Waals surface area contributed by atoms with Gasteiger partial charge < -0.3 is 9.52 Å². The predicted molar refractivity (Wildman–Crippen MR) is 63.0 cm³/mol. The number of fused-ring (bicyclic) bond motifs is 1. The molecule has 1 aromatic heterocycles. The normalized spacial score (nSPS) is 9.94. The maximum absolute atomic E-state index is 11.2. The van der Waals surface area contributed by atoms with E-state index in [0.717, 1.165) is 0 Å². The summed E-state index contributed by atoms with van der Waals surface area (Å²) >= 11 is 5.66. The van der Waals surface area contributed by atoms with Gasteiger partial charge >= 0.3 is 40.9 Å². The Morgan fingerprint density at radius 3 is 2.65 bits per heavy atom. The molecule has 84 valence electrons. The van der Waals surface area contributed by atoms with Crippen LogP contribution in [0.25, 0.3) is 11.0 Å². The van der Waals surface area contributed by atoms with Crippen LogP contribution in [0.4, 0.5) is 5.69 Å². The van der Waals surface area contributed by atoms with Crippen LogP contribution >= 0.6 is 11.6 Å². The zero-order chi connectivity index (χ0) is 11.9. The molecule has 0 spiro atoms. The number of benzene rings is 1. The molecule has 1 heterocycles. The minimum atomic E-state index is -1.20. The summed E-state index contributed by atoms with van der Waals surface area (Å²) in [5.74, 6) is -0.737. The van der Waals surface area contributed by atoms with E-state index in [2.05, 4.69) is 4.42 Å². The molecule has 0 aliphatic heterocycles. The van der Waals surface area contributed by atoms with E-state index >= 15 is 0 Å². The van der Waals surface area contributed by atoms with E-state index in [0.29, 0.717) is 0 Å². The van der Waals surface area contributed by atoms with Crippen LogP contribution in [0.5, 0.6) is 5.75 Å². The van der Waals surface area contributed by atoms with Gasteiger partial charge in [0.25, 0.3) is 0 Å². The Bertz CT molecular complexity index is 654. The Morgan fingerprint density at radius 1 is 1.41 bits per heavy atom. The van der Waals surface area contributed by atoms with Crippen LogP contribution < -0.4 is 5.63 Å². The summed E-state index contributed by atoms with van der Waals surface area (Å²) in [6.45, 7) is 0. The standard InChI is InChI=1S/C9H4ClNO5.Na.H/c10-4-1-2-6-5(3-4)8(12)7(11(14)15)9(13)16-6;;/h1-3,12H;;. The van der Waals surface area contributed by atoms with E-state index in [-0.39, 0.29) is 45.5 Å². The van der Waals surface area contributed by atoms with Crippen molar-refractivity contribution in [2.24, 2.45) is 0 Å². The molecule has 0 aliphatic rings. The number of hydrogen-bond acceptors (Lipinski definition) is 5. The molecule has 1 aromatic carbocycles. The average Bonchev–Trinajstić information content (AvgIpc) is 2.19. The third kappa shape index (κ3) is 2.44. The van der Waals surface area contributed by atoms with Gasteiger partial charge in [-0.15, -0.1) is 0 Å². The van der Waals surface area contributed by atoms with Crippen LogP contribution in [-0.4, -0.2) is 39.6 Å². The number of nitro groups is 1. The first-order valence-corrected chi connectivity index (χ1v) is 4.48. The molecule has 0 saturated heterocycles. The van der Waals surface area contributed by atoms with Crippen LogP contribution in [0.3, 0.4) is 0 Å². The number of nitrogens with zero attached hydrogens (tertiary/aromatic N) is 1. The van der Waals surface area contributed by atoms with Crippen molar-refractivity contribution in [2.45, 2.75) is 0 Å². The van der Waals surface area contributed by atoms with Gasteiger partial charge in [-0.3, -0.25) is 10.1 Å². The molecule has 2 aromatic rings. The van der Waals surface area contributed by atoms with Gasteiger partial charge in [-0.1, -0.05) is 11.6 Å². The van der Waals surface area contributed by atoms with Crippen molar-refractivity contribution in [1.82, 2.24) is 0 Å². The van der Waals surface area contributed by atoms with E-state index in [1.54, 1.807) is 0 Å². The molecule has 0 aliphatic carbocycles. The number of rotatable bonds is 1. The van der Waals surface area contributed by atoms with Crippen LogP contribution in [0, 0.1) is 10.1 Å². The second-order valence-electron chi connectivity index (χ2n) is 2.98. The quantitative estimate of drug-likeness (QED) is 0.364. The molecule has 0 bridgehead atoms. The number of halogens is 1. The average molecular weight is 266 g/mol. The number of hydrogen-bond donors (Lipinski definition) is 1. The molecule has 1 N–H and O–H groups in total. The maximum atomic E-state index is 11.2. The van der Waals surface area contributed by atoms with Gasteiger partial charge in [0.05, 0.1) is 10.3 Å². The zero-order valence-electron chi connectivity index (χ0n) is 7.64. The Kier molecular flexibility index (Phi) is 4.16. The van der Waals surface area contributed by atoms with Gasteiger partial charge in [-0.2, -0.15) is 0 Å². The first-order chi connectivity index (χ1) is 7.50. The van der Waals surface area contributed by atoms with E-state index in [1.807, 2.05) is 0 Å². The SMILES string of the molecule is O=c1oc2ccc(Cl)cc2c(O)c1[N+](=O)[O-].[NaH]. The third-order valence-electron chi connectivity index (χ3n) is 2.00. The van der Waals surface area contributed by atoms with Gasteiger partial charge in [0, 0.05) is 5.02 Å². The van der Waals surface area contributed by atoms with Gasteiger partial charge in [-0.25, -0.2) is 4.79 Å². The fraction of sp³-hybridized carbons (Fsp3) is 0. The third-order valence-corrected chi connectivity index (χ3v) is 2.23. The summed E-state index contributed by atoms with van der Waals surface area (Å²) in [5, 5.41) is 20.4. The zero-order valence-corrected chi connectivity index (χ0v) is 8.39. The Labute approximate surface area is 121 Å². The van der Waals surface area contributed by atoms with Crippen molar-refractivity contribution in [3.8, 4) is 5.75 Å². The molecular formula is C9H5ClNNaO5. The second kappa shape index (κ2) is 5.05. The molecule has 8 heteroatoms. The Hall–Kier alpha value is -1.08. The monoisotopic (exact) mass is 265 g/mol. The molecule has 0 fully saturated rings. The summed E-state index contributed by atoms with van der Waals surface area (Å²) < 4.78 is 4.67. The van der Waals surface area contributed by atoms with Crippen molar-refractivity contribution >= 4 is 57.8 Å². The molecule has 0 amide bonds. The number of aromatic hydroxyl groups is 1. The van der Waals surface area contributed by atoms with Crippen LogP contribution in [0.15, 0.2) is 27.4 Å². The summed E-state index contributed by atoms with van der Waals surface area (Å²) in [4.78, 5) is 20.7. The fourth-order valence-corrected chi connectivity index (χ4v) is 1.48. The summed E-state index contributed by atoms with van der Waals surface area (Å²) in [7, 11) is 0. The summed E-state index contributed by atoms with van der Waals surface area (Å²) in [6, 6.07) is 4.07. The topological polar surface area (TPSA) is 93.6 Å². The van der Waals surface area contributed by atoms with E-state index in [9.17, 15) is 20.0 Å². The predicted octanol–water partition coefficient (Wildman–Crippen LogP) is 1.41. The van der Waals surface area contributed by atoms with E-state index in [4.69, 9.17) is 11.6 Å². The van der Waals surface area contributed by atoms with Crippen LogP contribution in [0.1, 0.15) is 0 Å². The molecule has 0 atom stereocenters. The van der Waals surface area contributed by atoms with E-state index in [1.165, 1.54) is 18.2 Å². The molecular weight excluding hydrogens is 261 g/mol. The Balaban J connectivity index is 0.00000144. The van der Waals surface area contributed by atoms with Crippen LogP contribution in [-0.2, 0) is 0 Å². The molecule has 2 rings (SSSR count). The van der Waals surface area contributed by atoms with Crippen molar-refractivity contribution in [3.05, 3.63) is 43.8 Å². The molecule has 6 nitrogen and oxygen atoms in total. The van der Waals surface area contributed by atoms with Crippen molar-refractivity contribution in [1.29, 1.82) is 0 Å². The first kappa shape index (κ1) is 14.0. The van der Waals surface area contributed by atoms with Crippen molar-refractivity contribution in [3.63, 3.8) is 0 Å². The fourth-order valence-electron chi connectivity index (χ4n) is 1.31. The minimum absolute atomic E-state index is 0. The molecule has 0 unspecified atom stereocenters. The van der Waals surface area contributed by atoms with Gasteiger partial charge in [-0.05, 0) is 18.2 Å². The Morgan fingerprint density at radius 2 is 2.06 bits per heavy atom. The van der Waals surface area contributed by atoms with Gasteiger partial charge in [0.1, 0.15) is 5.58 Å². The van der Waals surface area contributed by atoms with Crippen LogP contribution in [0.2, 0.25) is 5.02 Å². The van der Waals surface area contributed by atoms with Crippen molar-refractivity contribution in [2.75, 3.05) is 0 Å². The summed E-state index contributed by atoms with van der Waals surface area (Å²) in [5.41, 5.74) is -2.15. The van der Waals surface area contributed by atoms with Gasteiger partial charge in [0.2, 0.25) is 5.75 Å². The molecule has 0 radical (unpaired) electrons. The van der Waals surface area contributed by atoms with Crippen molar-refractivity contribution < 1.29 is 14.4 Å². The summed E-state index contributed by atoms with van der Waals surface area (Å²) in [6.07, 6.45) is 0. The van der Waals surface area contributed by atoms with Gasteiger partial charge in [0.15, 0.2) is 0 Å².